The summed E-state index contributed by atoms with van der Waals surface area (Å²) in [6.45, 7) is 7.02. The zero-order valence-electron chi connectivity index (χ0n) is 12.6. The summed E-state index contributed by atoms with van der Waals surface area (Å²) >= 11 is 0. The van der Waals surface area contributed by atoms with Crippen molar-refractivity contribution in [3.05, 3.63) is 11.7 Å². The Morgan fingerprint density at radius 1 is 1.30 bits per heavy atom. The quantitative estimate of drug-likeness (QED) is 0.398. The van der Waals surface area contributed by atoms with E-state index in [-0.39, 0.29) is 0 Å². The number of nitrogens with one attached hydrogen (secondary N) is 2. The molecule has 0 saturated heterocycles. The van der Waals surface area contributed by atoms with Crippen LogP contribution in [0.2, 0.25) is 0 Å². The van der Waals surface area contributed by atoms with E-state index in [2.05, 4.69) is 25.8 Å². The first-order chi connectivity index (χ1) is 9.76. The molecule has 0 bridgehead atoms. The molecule has 1 rings (SSSR count). The molecule has 0 unspecified atom stereocenters. The molecule has 0 aliphatic carbocycles. The fourth-order valence-electron chi connectivity index (χ4n) is 1.63. The van der Waals surface area contributed by atoms with Crippen LogP contribution in [0, 0.1) is 6.92 Å². The molecule has 1 aromatic rings. The molecule has 1 heterocycles. The van der Waals surface area contributed by atoms with Gasteiger partial charge in [0.15, 0.2) is 11.8 Å². The standard InChI is InChI=1S/C13H25N5O2/c1-4-19-10-6-9-16-13(14-3)15-8-5-7-12-17-11(2)18-20-12/h4-10H2,1-3H3,(H2,14,15,16). The lowest BCUT2D eigenvalue weighted by atomic mass is 10.3. The van der Waals surface area contributed by atoms with Gasteiger partial charge in [0.25, 0.3) is 0 Å². The predicted octanol–water partition coefficient (Wildman–Crippen LogP) is 0.902. The topological polar surface area (TPSA) is 84.6 Å². The van der Waals surface area contributed by atoms with Gasteiger partial charge in [-0.3, -0.25) is 4.99 Å². The molecular weight excluding hydrogens is 258 g/mol. The summed E-state index contributed by atoms with van der Waals surface area (Å²) in [4.78, 5) is 8.32. The van der Waals surface area contributed by atoms with Gasteiger partial charge in [0.2, 0.25) is 5.89 Å². The highest BCUT2D eigenvalue weighted by molar-refractivity contribution is 5.79. The third-order valence-electron chi connectivity index (χ3n) is 2.62. The number of ether oxygens (including phenoxy) is 1. The molecule has 7 heteroatoms. The van der Waals surface area contributed by atoms with Crippen LogP contribution >= 0.6 is 0 Å². The SMILES string of the molecule is CCOCCCNC(=NC)NCCCc1nc(C)no1. The normalized spacial score (nSPS) is 11.7. The minimum Gasteiger partial charge on any atom is -0.382 e. The van der Waals surface area contributed by atoms with E-state index in [9.17, 15) is 0 Å². The van der Waals surface area contributed by atoms with E-state index in [1.807, 2.05) is 13.8 Å². The number of hydrogen-bond acceptors (Lipinski definition) is 5. The van der Waals surface area contributed by atoms with Gasteiger partial charge < -0.3 is 19.9 Å². The van der Waals surface area contributed by atoms with Gasteiger partial charge in [-0.05, 0) is 26.7 Å². The Kier molecular flexibility index (Phi) is 8.37. The monoisotopic (exact) mass is 283 g/mol. The Bertz CT molecular complexity index is 392. The van der Waals surface area contributed by atoms with Crippen LogP contribution < -0.4 is 10.6 Å². The second-order valence-electron chi connectivity index (χ2n) is 4.32. The summed E-state index contributed by atoms with van der Waals surface area (Å²) in [6, 6.07) is 0. The molecule has 0 aliphatic heterocycles. The van der Waals surface area contributed by atoms with Crippen molar-refractivity contribution in [2.45, 2.75) is 33.1 Å². The second-order valence-corrected chi connectivity index (χ2v) is 4.32. The number of hydrogen-bond donors (Lipinski definition) is 2. The molecule has 0 fully saturated rings. The van der Waals surface area contributed by atoms with Crippen LogP contribution in [0.25, 0.3) is 0 Å². The molecule has 114 valence electrons. The molecule has 0 atom stereocenters. The van der Waals surface area contributed by atoms with Crippen molar-refractivity contribution >= 4 is 5.96 Å². The van der Waals surface area contributed by atoms with E-state index in [1.54, 1.807) is 7.05 Å². The molecule has 0 aliphatic rings. The molecular formula is C13H25N5O2. The van der Waals surface area contributed by atoms with Gasteiger partial charge in [0.1, 0.15) is 0 Å². The van der Waals surface area contributed by atoms with E-state index < -0.39 is 0 Å². The summed E-state index contributed by atoms with van der Waals surface area (Å²) in [5.41, 5.74) is 0. The van der Waals surface area contributed by atoms with Gasteiger partial charge in [0.05, 0.1) is 0 Å². The summed E-state index contributed by atoms with van der Waals surface area (Å²) in [7, 11) is 1.76. The van der Waals surface area contributed by atoms with Crippen LogP contribution in [0.3, 0.4) is 0 Å². The fourth-order valence-corrected chi connectivity index (χ4v) is 1.63. The van der Waals surface area contributed by atoms with E-state index in [0.29, 0.717) is 11.7 Å². The van der Waals surface area contributed by atoms with Crippen LogP contribution in [0.5, 0.6) is 0 Å². The van der Waals surface area contributed by atoms with Gasteiger partial charge in [-0.15, -0.1) is 0 Å². The molecule has 20 heavy (non-hydrogen) atoms. The maximum Gasteiger partial charge on any atom is 0.226 e. The van der Waals surface area contributed by atoms with Crippen molar-refractivity contribution in [2.24, 2.45) is 4.99 Å². The minimum absolute atomic E-state index is 0.680. The van der Waals surface area contributed by atoms with Crippen LogP contribution in [0.4, 0.5) is 0 Å². The molecule has 0 aromatic carbocycles. The number of nitrogens with zero attached hydrogens (tertiary/aromatic N) is 3. The summed E-state index contributed by atoms with van der Waals surface area (Å²) in [6.07, 6.45) is 2.66. The predicted molar refractivity (Wildman–Crippen MR) is 77.8 cm³/mol. The Labute approximate surface area is 120 Å². The second kappa shape index (κ2) is 10.2. The van der Waals surface area contributed by atoms with Gasteiger partial charge >= 0.3 is 0 Å². The van der Waals surface area contributed by atoms with Crippen LogP contribution in [0.1, 0.15) is 31.5 Å². The van der Waals surface area contributed by atoms with E-state index >= 15 is 0 Å². The number of rotatable bonds is 9. The van der Waals surface area contributed by atoms with Gasteiger partial charge in [-0.1, -0.05) is 5.16 Å². The molecule has 0 amide bonds. The van der Waals surface area contributed by atoms with Crippen molar-refractivity contribution in [1.82, 2.24) is 20.8 Å². The van der Waals surface area contributed by atoms with Crippen molar-refractivity contribution in [3.63, 3.8) is 0 Å². The third kappa shape index (κ3) is 7.08. The summed E-state index contributed by atoms with van der Waals surface area (Å²) in [5, 5.41) is 10.2. The van der Waals surface area contributed by atoms with Crippen molar-refractivity contribution in [1.29, 1.82) is 0 Å². The van der Waals surface area contributed by atoms with Crippen LogP contribution in [-0.2, 0) is 11.2 Å². The summed E-state index contributed by atoms with van der Waals surface area (Å²) < 4.78 is 10.3. The zero-order valence-corrected chi connectivity index (χ0v) is 12.6. The number of guanidine groups is 1. The Hall–Kier alpha value is -1.63. The highest BCUT2D eigenvalue weighted by Crippen LogP contribution is 1.98. The van der Waals surface area contributed by atoms with Crippen molar-refractivity contribution in [2.75, 3.05) is 33.4 Å². The lowest BCUT2D eigenvalue weighted by Gasteiger charge is -2.11. The molecule has 1 aromatic heterocycles. The Balaban J connectivity index is 2.06. The molecule has 0 saturated carbocycles. The average molecular weight is 283 g/mol. The first-order valence-corrected chi connectivity index (χ1v) is 7.07. The maximum atomic E-state index is 5.27. The van der Waals surface area contributed by atoms with Gasteiger partial charge in [-0.25, -0.2) is 0 Å². The van der Waals surface area contributed by atoms with Crippen LogP contribution in [0.15, 0.2) is 9.52 Å². The molecule has 7 nitrogen and oxygen atoms in total. The number of aromatic nitrogens is 2. The maximum absolute atomic E-state index is 5.27. The number of aliphatic imine (C=N–C) groups is 1. The molecule has 2 N–H and O–H groups in total. The van der Waals surface area contributed by atoms with Crippen LogP contribution in [-0.4, -0.2) is 49.5 Å². The fraction of sp³-hybridized carbons (Fsp3) is 0.769. The molecule has 0 radical (unpaired) electrons. The number of aryl methyl sites for hydroxylation is 2. The smallest absolute Gasteiger partial charge is 0.226 e. The zero-order chi connectivity index (χ0) is 14.6. The lowest BCUT2D eigenvalue weighted by molar-refractivity contribution is 0.145. The first kappa shape index (κ1) is 16.4. The first-order valence-electron chi connectivity index (χ1n) is 7.07. The largest absolute Gasteiger partial charge is 0.382 e. The Morgan fingerprint density at radius 2 is 2.05 bits per heavy atom. The third-order valence-corrected chi connectivity index (χ3v) is 2.62. The summed E-state index contributed by atoms with van der Waals surface area (Å²) in [5.74, 6) is 2.17. The lowest BCUT2D eigenvalue weighted by Crippen LogP contribution is -2.38. The Morgan fingerprint density at radius 3 is 2.65 bits per heavy atom. The van der Waals surface area contributed by atoms with E-state index in [4.69, 9.17) is 9.26 Å². The van der Waals surface area contributed by atoms with E-state index in [1.165, 1.54) is 0 Å². The average Bonchev–Trinajstić information content (AvgIpc) is 2.86. The van der Waals surface area contributed by atoms with Gasteiger partial charge in [0, 0.05) is 39.8 Å². The van der Waals surface area contributed by atoms with Gasteiger partial charge in [-0.2, -0.15) is 4.98 Å². The minimum atomic E-state index is 0.680. The van der Waals surface area contributed by atoms with Crippen molar-refractivity contribution < 1.29 is 9.26 Å². The highest BCUT2D eigenvalue weighted by atomic mass is 16.5. The molecule has 0 spiro atoms. The highest BCUT2D eigenvalue weighted by Gasteiger charge is 2.02. The van der Waals surface area contributed by atoms with Crippen molar-refractivity contribution in [3.8, 4) is 0 Å². The van der Waals surface area contributed by atoms with E-state index in [0.717, 1.165) is 51.5 Å².